The van der Waals surface area contributed by atoms with Crippen LogP contribution in [0.1, 0.15) is 26.7 Å². The van der Waals surface area contributed by atoms with Gasteiger partial charge in [-0.3, -0.25) is 0 Å². The summed E-state index contributed by atoms with van der Waals surface area (Å²) in [5.41, 5.74) is 3.65. The van der Waals surface area contributed by atoms with E-state index in [0.717, 1.165) is 48.6 Å². The van der Waals surface area contributed by atoms with Gasteiger partial charge in [-0.2, -0.15) is 11.3 Å². The van der Waals surface area contributed by atoms with E-state index in [9.17, 15) is 8.78 Å². The van der Waals surface area contributed by atoms with Gasteiger partial charge in [-0.1, -0.05) is 49.6 Å². The van der Waals surface area contributed by atoms with Crippen molar-refractivity contribution >= 4 is 59.9 Å². The number of hydrogen-bond donors (Lipinski definition) is 0. The first-order valence-electron chi connectivity index (χ1n) is 15.0. The van der Waals surface area contributed by atoms with Crippen molar-refractivity contribution in [3.8, 4) is 22.5 Å². The zero-order valence-electron chi connectivity index (χ0n) is 26.6. The van der Waals surface area contributed by atoms with Crippen LogP contribution in [0.25, 0.3) is 53.5 Å². The fourth-order valence-corrected chi connectivity index (χ4v) is 8.68. The van der Waals surface area contributed by atoms with Crippen LogP contribution >= 0.6 is 11.3 Å². The maximum absolute atomic E-state index is 14.6. The van der Waals surface area contributed by atoms with E-state index in [0.29, 0.717) is 11.1 Å². The van der Waals surface area contributed by atoms with Crippen molar-refractivity contribution in [3.05, 3.63) is 127 Å². The van der Waals surface area contributed by atoms with Gasteiger partial charge in [0.05, 0.1) is 6.20 Å². The molecule has 0 fully saturated rings. The third-order valence-corrected chi connectivity index (χ3v) is 13.1. The predicted octanol–water partition coefficient (Wildman–Crippen LogP) is 10.6. The molecule has 0 aliphatic rings. The molecule has 4 aromatic carbocycles. The first-order valence-corrected chi connectivity index (χ1v) is 22.6. The molecule has 0 atom stereocenters. The van der Waals surface area contributed by atoms with E-state index in [1.54, 1.807) is 32.0 Å². The van der Waals surface area contributed by atoms with Crippen LogP contribution in [-0.4, -0.2) is 23.2 Å². The summed E-state index contributed by atoms with van der Waals surface area (Å²) in [5.74, 6) is 5.31. The second-order valence-electron chi connectivity index (χ2n) is 12.0. The van der Waals surface area contributed by atoms with Gasteiger partial charge in [-0.05, 0) is 38.7 Å². The second-order valence-corrected chi connectivity index (χ2v) is 23.7. The Morgan fingerprint density at radius 3 is 2.18 bits per heavy atom. The number of fused-ring (bicyclic) bond motifs is 5. The maximum atomic E-state index is 14.6. The number of halogens is 2. The maximum Gasteiger partial charge on any atom is 0 e. The molecule has 3 aromatic heterocycles. The minimum Gasteiger partial charge on any atom is 0 e. The van der Waals surface area contributed by atoms with Gasteiger partial charge in [0.15, 0.2) is 0 Å². The first-order chi connectivity index (χ1) is 21.4. The van der Waals surface area contributed by atoms with E-state index in [2.05, 4.69) is 51.5 Å². The van der Waals surface area contributed by atoms with Crippen LogP contribution in [0.3, 0.4) is 0 Å². The van der Waals surface area contributed by atoms with Crippen LogP contribution in [-0.2, 0) is 20.1 Å². The van der Waals surface area contributed by atoms with Crippen molar-refractivity contribution in [1.82, 2.24) is 9.97 Å². The van der Waals surface area contributed by atoms with Crippen molar-refractivity contribution < 1.29 is 30.3 Å². The minimum absolute atomic E-state index is 0. The molecule has 0 unspecified atom stereocenters. The Hall–Kier alpha value is -3.29. The van der Waals surface area contributed by atoms with Crippen LogP contribution in [0.4, 0.5) is 8.78 Å². The molecule has 0 aliphatic carbocycles. The van der Waals surface area contributed by atoms with Gasteiger partial charge in [0.2, 0.25) is 0 Å². The van der Waals surface area contributed by atoms with Gasteiger partial charge in [-0.25, -0.2) is 8.78 Å². The van der Waals surface area contributed by atoms with Crippen molar-refractivity contribution in [3.63, 3.8) is 0 Å². The molecule has 7 heteroatoms. The Balaban J connectivity index is 0.000000209. The molecule has 7 rings (SSSR count). The molecular weight excluding hydrogens is 819 g/mol. The van der Waals surface area contributed by atoms with Crippen molar-refractivity contribution in [1.29, 1.82) is 0 Å². The Bertz CT molecular complexity index is 2160. The van der Waals surface area contributed by atoms with Gasteiger partial charge in [0, 0.05) is 31.6 Å². The van der Waals surface area contributed by atoms with Gasteiger partial charge in [0.25, 0.3) is 0 Å². The largest absolute Gasteiger partial charge is 0 e. The van der Waals surface area contributed by atoms with E-state index in [1.165, 1.54) is 15.7 Å². The number of rotatable bonds is 4. The summed E-state index contributed by atoms with van der Waals surface area (Å²) in [6, 6.07) is 33.1. The van der Waals surface area contributed by atoms with Crippen molar-refractivity contribution in [2.45, 2.75) is 37.0 Å². The molecule has 0 spiro atoms. The van der Waals surface area contributed by atoms with E-state index >= 15 is 0 Å². The van der Waals surface area contributed by atoms with Crippen LogP contribution in [0.5, 0.6) is 0 Å². The molecule has 229 valence electrons. The van der Waals surface area contributed by atoms with Crippen molar-refractivity contribution in [2.75, 3.05) is 0 Å². The number of nitrogens with zero attached hydrogens (tertiary/aromatic N) is 2. The first kappa shape index (κ1) is 31.7. The van der Waals surface area contributed by atoms with Gasteiger partial charge >= 0.3 is 99.8 Å². The topological polar surface area (TPSA) is 25.8 Å². The summed E-state index contributed by atoms with van der Waals surface area (Å²) in [6.45, 7) is 3.29. The normalized spacial score (nSPS) is 12.0. The molecule has 0 saturated heterocycles. The van der Waals surface area contributed by atoms with Crippen LogP contribution in [0.15, 0.2) is 97.3 Å². The van der Waals surface area contributed by atoms with Gasteiger partial charge < -0.3 is 4.98 Å². The number of thiophene rings is 1. The quantitative estimate of drug-likeness (QED) is 0.130. The minimum atomic E-state index is -1.72. The zero-order valence-corrected chi connectivity index (χ0v) is 30.9. The van der Waals surface area contributed by atoms with Gasteiger partial charge in [0.1, 0.15) is 11.6 Å². The summed E-state index contributed by atoms with van der Waals surface area (Å²) in [7, 11) is 0. The number of aromatic nitrogens is 2. The van der Waals surface area contributed by atoms with E-state index < -0.39 is 25.0 Å². The summed E-state index contributed by atoms with van der Waals surface area (Å²) >= 11 is -0.238. The monoisotopic (exact) mass is 854 g/mol. The molecule has 45 heavy (non-hydrogen) atoms. The summed E-state index contributed by atoms with van der Waals surface area (Å²) in [6.07, 6.45) is 3.20. The smallest absolute Gasteiger partial charge is 0 e. The third-order valence-electron chi connectivity index (χ3n) is 7.65. The molecular formula is C38H32F2GeIrN2S-2. The number of pyridine rings is 2. The van der Waals surface area contributed by atoms with Crippen LogP contribution < -0.4 is 4.40 Å². The SMILES string of the molecule is [2H]C(C)(C)c1cc(-c2[c-]ccc3c2sc2cc(F)c4ccccc4c23)ncc1F.[CH3][Ge]([CH3])([CH3])[c]1ccc(-c2[c-]cccc2)nc1.[Ir]. The molecule has 0 saturated carbocycles. The molecule has 0 amide bonds. The molecule has 2 nitrogen and oxygen atoms in total. The van der Waals surface area contributed by atoms with E-state index in [4.69, 9.17) is 1.37 Å². The average Bonchev–Trinajstić information content (AvgIpc) is 3.40. The standard InChI is InChI=1S/C24H16F2NS.C14H16GeN.Ir/c1-13(2)18-10-21(27-12-20(18)26)16-8-5-9-17-23-15-7-4-3-6-14(15)19(25)11-22(23)28-24(16)17;1-15(2,3)13-9-10-14(16-11-13)12-7-5-4-6-8-12;/h3-7,9-13H,1-2H3;4-7,9-11H,1-3H3;/q2*-1;/i13D;;. The van der Waals surface area contributed by atoms with Crippen LogP contribution in [0, 0.1) is 23.8 Å². The molecule has 0 bridgehead atoms. The van der Waals surface area contributed by atoms with E-state index in [-0.39, 0.29) is 31.5 Å². The average molecular weight is 853 g/mol. The Morgan fingerprint density at radius 2 is 1.51 bits per heavy atom. The predicted molar refractivity (Wildman–Crippen MR) is 184 cm³/mol. The van der Waals surface area contributed by atoms with Gasteiger partial charge in [-0.15, -0.1) is 23.8 Å². The molecule has 1 radical (unpaired) electrons. The zero-order chi connectivity index (χ0) is 31.9. The molecule has 0 aliphatic heterocycles. The van der Waals surface area contributed by atoms with Crippen LogP contribution in [0.2, 0.25) is 17.3 Å². The fraction of sp³-hybridized carbons (Fsp3) is 0.158. The summed E-state index contributed by atoms with van der Waals surface area (Å²) < 4.78 is 40.3. The van der Waals surface area contributed by atoms with Crippen molar-refractivity contribution in [2.24, 2.45) is 0 Å². The molecule has 3 heterocycles. The summed E-state index contributed by atoms with van der Waals surface area (Å²) in [4.78, 5) is 8.80. The molecule has 7 aromatic rings. The third kappa shape index (κ3) is 6.80. The summed E-state index contributed by atoms with van der Waals surface area (Å²) in [5, 5.41) is 3.45. The Labute approximate surface area is 284 Å². The molecule has 0 N–H and O–H groups in total. The number of hydrogen-bond acceptors (Lipinski definition) is 3. The van der Waals surface area contributed by atoms with E-state index in [1.807, 2.05) is 60.8 Å². The number of benzene rings is 4. The Kier molecular flexibility index (Phi) is 9.58. The fourth-order valence-electron chi connectivity index (χ4n) is 5.26. The second kappa shape index (κ2) is 13.6. The Morgan fingerprint density at radius 1 is 0.778 bits per heavy atom.